The van der Waals surface area contributed by atoms with E-state index in [2.05, 4.69) is 15.3 Å². The van der Waals surface area contributed by atoms with Gasteiger partial charge in [0.2, 0.25) is 5.95 Å². The molecule has 0 aliphatic carbocycles. The second-order valence-electron chi connectivity index (χ2n) is 4.53. The average Bonchev–Trinajstić information content (AvgIpc) is 2.39. The molecule has 1 aliphatic heterocycles. The molecular formula is C11H14F3N3O3. The van der Waals surface area contributed by atoms with Gasteiger partial charge in [-0.3, -0.25) is 0 Å². The number of hydrogen-bond acceptors (Lipinski definition) is 6. The molecule has 1 aliphatic rings. The Morgan fingerprint density at radius 3 is 2.70 bits per heavy atom. The summed E-state index contributed by atoms with van der Waals surface area (Å²) in [7, 11) is 0. The Morgan fingerprint density at radius 1 is 1.35 bits per heavy atom. The lowest BCUT2D eigenvalue weighted by atomic mass is 9.99. The molecule has 6 nitrogen and oxygen atoms in total. The van der Waals surface area contributed by atoms with E-state index >= 15 is 0 Å². The number of nitrogens with zero attached hydrogens (tertiary/aromatic N) is 2. The van der Waals surface area contributed by atoms with Crippen molar-refractivity contribution in [1.82, 2.24) is 9.97 Å². The number of hydrogen-bond donors (Lipinski definition) is 3. The summed E-state index contributed by atoms with van der Waals surface area (Å²) in [5, 5.41) is 22.0. The van der Waals surface area contributed by atoms with Crippen LogP contribution >= 0.6 is 0 Å². The fraction of sp³-hybridized carbons (Fsp3) is 0.636. The third-order valence-corrected chi connectivity index (χ3v) is 3.04. The molecule has 0 amide bonds. The topological polar surface area (TPSA) is 87.5 Å². The molecule has 1 aromatic heterocycles. The van der Waals surface area contributed by atoms with Crippen LogP contribution in [0.25, 0.3) is 0 Å². The van der Waals surface area contributed by atoms with Crippen LogP contribution in [0.4, 0.5) is 19.1 Å². The highest BCUT2D eigenvalue weighted by Gasteiger charge is 2.37. The number of rotatable bonds is 2. The summed E-state index contributed by atoms with van der Waals surface area (Å²) in [6.45, 7) is 1.61. The molecule has 0 unspecified atom stereocenters. The number of alkyl halides is 3. The molecule has 9 heteroatoms. The van der Waals surface area contributed by atoms with Crippen LogP contribution in [0.2, 0.25) is 0 Å². The van der Waals surface area contributed by atoms with Crippen molar-refractivity contribution >= 4 is 5.95 Å². The molecule has 1 fully saturated rings. The quantitative estimate of drug-likeness (QED) is 0.732. The van der Waals surface area contributed by atoms with Crippen molar-refractivity contribution in [3.05, 3.63) is 18.0 Å². The van der Waals surface area contributed by atoms with Gasteiger partial charge in [-0.1, -0.05) is 0 Å². The summed E-state index contributed by atoms with van der Waals surface area (Å²) in [4.78, 5) is 6.98. The Bertz CT molecular complexity index is 472. The Balaban J connectivity index is 2.10. The number of nitrogens with one attached hydrogen (secondary N) is 1. The number of halogens is 3. The van der Waals surface area contributed by atoms with E-state index in [0.29, 0.717) is 0 Å². The summed E-state index contributed by atoms with van der Waals surface area (Å²) in [6.07, 6.45) is -6.48. The first-order chi connectivity index (χ1) is 9.29. The van der Waals surface area contributed by atoms with E-state index < -0.39 is 36.2 Å². The van der Waals surface area contributed by atoms with Crippen LogP contribution in [0, 0.1) is 0 Å². The molecule has 3 N–H and O–H groups in total. The second kappa shape index (κ2) is 5.51. The van der Waals surface area contributed by atoms with Crippen molar-refractivity contribution in [3.8, 4) is 0 Å². The highest BCUT2D eigenvalue weighted by molar-refractivity contribution is 5.28. The predicted octanol–water partition coefficient (Wildman–Crippen LogP) is 0.416. The summed E-state index contributed by atoms with van der Waals surface area (Å²) >= 11 is 0. The summed E-state index contributed by atoms with van der Waals surface area (Å²) in [6, 6.07) is -0.0414. The average molecular weight is 293 g/mol. The van der Waals surface area contributed by atoms with Crippen LogP contribution in [-0.2, 0) is 10.9 Å². The van der Waals surface area contributed by atoms with Gasteiger partial charge < -0.3 is 20.3 Å². The molecule has 112 valence electrons. The van der Waals surface area contributed by atoms with Gasteiger partial charge in [0, 0.05) is 6.20 Å². The molecule has 2 heterocycles. The highest BCUT2D eigenvalue weighted by atomic mass is 19.4. The molecule has 20 heavy (non-hydrogen) atoms. The van der Waals surface area contributed by atoms with Gasteiger partial charge in [0.15, 0.2) is 0 Å². The van der Waals surface area contributed by atoms with Crippen molar-refractivity contribution in [2.75, 3.05) is 11.9 Å². The molecule has 1 saturated heterocycles. The minimum Gasteiger partial charge on any atom is -0.388 e. The van der Waals surface area contributed by atoms with Crippen molar-refractivity contribution in [3.63, 3.8) is 0 Å². The molecule has 0 aromatic carbocycles. The van der Waals surface area contributed by atoms with Crippen molar-refractivity contribution in [2.45, 2.75) is 37.5 Å². The SMILES string of the molecule is C[C@H]1OC[C@H](Nc2nccc(C(F)(F)F)n2)[C@@H](O)[C@H]1O. The molecule has 0 bridgehead atoms. The standard InChI is InChI=1S/C11H14F3N3O3/c1-5-8(18)9(19)6(4-20-5)16-10-15-3-2-7(17-10)11(12,13)14/h2-3,5-6,8-9,18-19H,4H2,1H3,(H,15,16,17)/t5-,6+,8+,9-/m1/s1. The maximum absolute atomic E-state index is 12.5. The van der Waals surface area contributed by atoms with E-state index in [9.17, 15) is 23.4 Å². The number of aromatic nitrogens is 2. The molecule has 2 rings (SSSR count). The maximum atomic E-state index is 12.5. The van der Waals surface area contributed by atoms with Crippen LogP contribution in [0.15, 0.2) is 12.3 Å². The lowest BCUT2D eigenvalue weighted by molar-refractivity contribution is -0.141. The Kier molecular flexibility index (Phi) is 4.11. The number of aliphatic hydroxyl groups excluding tert-OH is 2. The van der Waals surface area contributed by atoms with Crippen LogP contribution in [-0.4, -0.2) is 51.1 Å². The van der Waals surface area contributed by atoms with Gasteiger partial charge in [0.1, 0.15) is 17.9 Å². The first-order valence-corrected chi connectivity index (χ1v) is 5.93. The zero-order chi connectivity index (χ0) is 14.9. The largest absolute Gasteiger partial charge is 0.433 e. The smallest absolute Gasteiger partial charge is 0.388 e. The van der Waals surface area contributed by atoms with E-state index in [1.165, 1.54) is 0 Å². The van der Waals surface area contributed by atoms with Crippen LogP contribution in [0.5, 0.6) is 0 Å². The first kappa shape index (κ1) is 14.9. The van der Waals surface area contributed by atoms with Crippen molar-refractivity contribution in [2.24, 2.45) is 0 Å². The van der Waals surface area contributed by atoms with Crippen LogP contribution in [0.1, 0.15) is 12.6 Å². The molecule has 0 saturated carbocycles. The lowest BCUT2D eigenvalue weighted by Crippen LogP contribution is -2.54. The predicted molar refractivity (Wildman–Crippen MR) is 61.9 cm³/mol. The van der Waals surface area contributed by atoms with Gasteiger partial charge in [-0.05, 0) is 13.0 Å². The van der Waals surface area contributed by atoms with Crippen LogP contribution < -0.4 is 5.32 Å². The highest BCUT2D eigenvalue weighted by Crippen LogP contribution is 2.28. The zero-order valence-corrected chi connectivity index (χ0v) is 10.5. The number of aliphatic hydroxyl groups is 2. The summed E-state index contributed by atoms with van der Waals surface area (Å²) in [5.74, 6) is -0.283. The zero-order valence-electron chi connectivity index (χ0n) is 10.5. The Hall–Kier alpha value is -1.45. The minimum absolute atomic E-state index is 0.0268. The normalized spacial score (nSPS) is 31.1. The monoisotopic (exact) mass is 293 g/mol. The fourth-order valence-corrected chi connectivity index (χ4v) is 1.85. The van der Waals surface area contributed by atoms with Gasteiger partial charge in [-0.25, -0.2) is 9.97 Å². The number of ether oxygens (including phenoxy) is 1. The second-order valence-corrected chi connectivity index (χ2v) is 4.53. The van der Waals surface area contributed by atoms with Gasteiger partial charge in [-0.15, -0.1) is 0 Å². The Labute approximate surface area is 112 Å². The van der Waals surface area contributed by atoms with E-state index in [4.69, 9.17) is 4.74 Å². The van der Waals surface area contributed by atoms with E-state index in [1.54, 1.807) is 6.92 Å². The number of anilines is 1. The maximum Gasteiger partial charge on any atom is 0.433 e. The lowest BCUT2D eigenvalue weighted by Gasteiger charge is -2.36. The van der Waals surface area contributed by atoms with Crippen molar-refractivity contribution in [1.29, 1.82) is 0 Å². The van der Waals surface area contributed by atoms with Gasteiger partial charge >= 0.3 is 6.18 Å². The molecule has 0 radical (unpaired) electrons. The molecule has 4 atom stereocenters. The van der Waals surface area contributed by atoms with Crippen LogP contribution in [0.3, 0.4) is 0 Å². The minimum atomic E-state index is -4.57. The third-order valence-electron chi connectivity index (χ3n) is 3.04. The third kappa shape index (κ3) is 3.17. The van der Waals surface area contributed by atoms with Gasteiger partial charge in [0.25, 0.3) is 0 Å². The van der Waals surface area contributed by atoms with Gasteiger partial charge in [-0.2, -0.15) is 13.2 Å². The van der Waals surface area contributed by atoms with Crippen molar-refractivity contribution < 1.29 is 28.1 Å². The molecular weight excluding hydrogens is 279 g/mol. The Morgan fingerprint density at radius 2 is 2.05 bits per heavy atom. The summed E-state index contributed by atoms with van der Waals surface area (Å²) in [5.41, 5.74) is -1.09. The molecule has 1 aromatic rings. The fourth-order valence-electron chi connectivity index (χ4n) is 1.85. The van der Waals surface area contributed by atoms with Gasteiger partial charge in [0.05, 0.1) is 18.8 Å². The summed E-state index contributed by atoms with van der Waals surface area (Å²) < 4.78 is 42.7. The van der Waals surface area contributed by atoms with E-state index in [0.717, 1.165) is 12.3 Å². The molecule has 0 spiro atoms. The first-order valence-electron chi connectivity index (χ1n) is 5.93. The van der Waals surface area contributed by atoms with E-state index in [1.807, 2.05) is 0 Å². The van der Waals surface area contributed by atoms with E-state index in [-0.39, 0.29) is 12.6 Å².